The van der Waals surface area contributed by atoms with Crippen molar-refractivity contribution >= 4 is 5.91 Å². The zero-order valence-corrected chi connectivity index (χ0v) is 37.6. The molecule has 346 valence electrons. The molecule has 8 unspecified atom stereocenters. The van der Waals surface area contributed by atoms with E-state index in [1.54, 1.807) is 6.08 Å². The van der Waals surface area contributed by atoms with Crippen molar-refractivity contribution in [3.8, 4) is 0 Å². The van der Waals surface area contributed by atoms with Crippen LogP contribution in [0.3, 0.4) is 0 Å². The minimum atomic E-state index is -1.62. The van der Waals surface area contributed by atoms with E-state index in [1.807, 2.05) is 6.08 Å². The van der Waals surface area contributed by atoms with Crippen molar-refractivity contribution in [1.29, 1.82) is 0 Å². The van der Waals surface area contributed by atoms with Crippen LogP contribution in [0.15, 0.2) is 36.5 Å². The maximum absolute atomic E-state index is 13.0. The highest BCUT2D eigenvalue weighted by Gasteiger charge is 2.44. The normalized spacial score (nSPS) is 21.5. The second-order valence-corrected chi connectivity index (χ2v) is 17.0. The summed E-state index contributed by atoms with van der Waals surface area (Å²) in [6, 6.07) is -0.998. The standard InChI is InChI=1S/C49H91NO9/c1-3-5-7-9-11-13-15-17-19-20-21-22-23-24-26-28-30-32-34-36-38-43(53)48(57)50-41(40-58-49-47(56)46(55)45(54)44(39-51)59-49)42(52)37-35-33-31-29-27-25-18-16-14-12-10-8-6-4-2/h22-23,27,29,35,37,41-47,49,51-56H,3-21,24-26,28,30-34,36,38-40H2,1-2H3,(H,50,57)/b23-22-,29-27+,37-35+. The third kappa shape index (κ3) is 29.3. The monoisotopic (exact) mass is 838 g/mol. The van der Waals surface area contributed by atoms with Gasteiger partial charge < -0.3 is 45.4 Å². The molecule has 10 nitrogen and oxygen atoms in total. The van der Waals surface area contributed by atoms with E-state index in [0.29, 0.717) is 19.3 Å². The largest absolute Gasteiger partial charge is 0.394 e. The predicted molar refractivity (Wildman–Crippen MR) is 241 cm³/mol. The summed E-state index contributed by atoms with van der Waals surface area (Å²) in [5.74, 6) is -0.631. The maximum atomic E-state index is 13.0. The second-order valence-electron chi connectivity index (χ2n) is 17.0. The fourth-order valence-corrected chi connectivity index (χ4v) is 7.53. The number of allylic oxidation sites excluding steroid dienone is 5. The van der Waals surface area contributed by atoms with Gasteiger partial charge in [-0.05, 0) is 57.8 Å². The molecule has 59 heavy (non-hydrogen) atoms. The summed E-state index contributed by atoms with van der Waals surface area (Å²) in [7, 11) is 0. The van der Waals surface area contributed by atoms with Gasteiger partial charge in [-0.15, -0.1) is 0 Å². The number of rotatable bonds is 40. The van der Waals surface area contributed by atoms with Crippen molar-refractivity contribution in [3.05, 3.63) is 36.5 Å². The number of ether oxygens (including phenoxy) is 2. The lowest BCUT2D eigenvalue weighted by atomic mass is 9.99. The fraction of sp³-hybridized carbons (Fsp3) is 0.857. The molecular formula is C49H91NO9. The van der Waals surface area contributed by atoms with E-state index in [0.717, 1.165) is 38.5 Å². The molecule has 1 aliphatic rings. The van der Waals surface area contributed by atoms with Crippen molar-refractivity contribution in [2.45, 2.75) is 255 Å². The van der Waals surface area contributed by atoms with E-state index >= 15 is 0 Å². The SMILES string of the molecule is CCCCCCCCCC/C=C/CC/C=C/C(O)C(COC1OC(CO)C(O)C(O)C1O)NC(=O)C(O)CCCCCCCC/C=C\CCCCCCCCCCCC. The van der Waals surface area contributed by atoms with Crippen LogP contribution in [0.1, 0.15) is 206 Å². The Balaban J connectivity index is 2.39. The van der Waals surface area contributed by atoms with E-state index in [1.165, 1.54) is 135 Å². The van der Waals surface area contributed by atoms with Gasteiger partial charge in [0.1, 0.15) is 30.5 Å². The lowest BCUT2D eigenvalue weighted by Crippen LogP contribution is -2.60. The van der Waals surface area contributed by atoms with Gasteiger partial charge in [0.25, 0.3) is 0 Å². The Bertz CT molecular complexity index is 1040. The number of amides is 1. The summed E-state index contributed by atoms with van der Waals surface area (Å²) < 4.78 is 11.1. The molecule has 1 aliphatic heterocycles. The van der Waals surface area contributed by atoms with Crippen molar-refractivity contribution < 1.29 is 44.9 Å². The van der Waals surface area contributed by atoms with Crippen LogP contribution in [0.5, 0.6) is 0 Å². The zero-order chi connectivity index (χ0) is 43.2. The molecule has 1 rings (SSSR count). The molecule has 0 saturated carbocycles. The number of carbonyl (C=O) groups is 1. The molecule has 0 bridgehead atoms. The smallest absolute Gasteiger partial charge is 0.249 e. The number of aliphatic hydroxyl groups excluding tert-OH is 6. The molecule has 1 amide bonds. The average Bonchev–Trinajstić information content (AvgIpc) is 3.23. The van der Waals surface area contributed by atoms with Gasteiger partial charge in [-0.3, -0.25) is 4.79 Å². The van der Waals surface area contributed by atoms with Crippen LogP contribution < -0.4 is 5.32 Å². The Morgan fingerprint density at radius 3 is 1.47 bits per heavy atom. The minimum Gasteiger partial charge on any atom is -0.394 e. The van der Waals surface area contributed by atoms with Crippen LogP contribution in [-0.2, 0) is 14.3 Å². The first kappa shape index (κ1) is 55.4. The summed E-state index contributed by atoms with van der Waals surface area (Å²) in [4.78, 5) is 13.0. The molecule has 0 spiro atoms. The molecule has 0 aromatic heterocycles. The van der Waals surface area contributed by atoms with E-state index in [2.05, 4.69) is 43.5 Å². The number of unbranched alkanes of at least 4 members (excludes halogenated alkanes) is 25. The van der Waals surface area contributed by atoms with Gasteiger partial charge in [-0.2, -0.15) is 0 Å². The molecule has 0 aromatic carbocycles. The molecule has 10 heteroatoms. The Kier molecular flexibility index (Phi) is 36.8. The Morgan fingerprint density at radius 2 is 1.00 bits per heavy atom. The van der Waals surface area contributed by atoms with Crippen molar-refractivity contribution in [2.24, 2.45) is 0 Å². The third-order valence-corrected chi connectivity index (χ3v) is 11.5. The number of hydrogen-bond donors (Lipinski definition) is 7. The number of aliphatic hydroxyl groups is 6. The van der Waals surface area contributed by atoms with Crippen molar-refractivity contribution in [1.82, 2.24) is 5.32 Å². The number of carbonyl (C=O) groups excluding carboxylic acids is 1. The Morgan fingerprint density at radius 1 is 0.576 bits per heavy atom. The summed E-state index contributed by atoms with van der Waals surface area (Å²) in [6.45, 7) is 3.58. The third-order valence-electron chi connectivity index (χ3n) is 11.5. The highest BCUT2D eigenvalue weighted by atomic mass is 16.7. The number of hydrogen-bond acceptors (Lipinski definition) is 9. The summed E-state index contributed by atoms with van der Waals surface area (Å²) in [6.07, 6.45) is 38.0. The maximum Gasteiger partial charge on any atom is 0.249 e. The lowest BCUT2D eigenvalue weighted by Gasteiger charge is -2.40. The van der Waals surface area contributed by atoms with Crippen LogP contribution in [0.2, 0.25) is 0 Å². The van der Waals surface area contributed by atoms with Crippen LogP contribution in [0.25, 0.3) is 0 Å². The van der Waals surface area contributed by atoms with Gasteiger partial charge >= 0.3 is 0 Å². The highest BCUT2D eigenvalue weighted by molar-refractivity contribution is 5.80. The van der Waals surface area contributed by atoms with Crippen molar-refractivity contribution in [3.63, 3.8) is 0 Å². The van der Waals surface area contributed by atoms with E-state index in [9.17, 15) is 35.4 Å². The molecule has 0 aromatic rings. The van der Waals surface area contributed by atoms with Crippen molar-refractivity contribution in [2.75, 3.05) is 13.2 Å². The van der Waals surface area contributed by atoms with Gasteiger partial charge in [-0.25, -0.2) is 0 Å². The van der Waals surface area contributed by atoms with Gasteiger partial charge in [0.05, 0.1) is 25.4 Å². The van der Waals surface area contributed by atoms with Crippen LogP contribution in [0.4, 0.5) is 0 Å². The quantitative estimate of drug-likeness (QED) is 0.0235. The first-order chi connectivity index (χ1) is 28.8. The molecule has 8 atom stereocenters. The summed E-state index contributed by atoms with van der Waals surface area (Å²) in [5, 5.41) is 64.7. The molecule has 1 fully saturated rings. The Hall–Kier alpha value is -1.63. The molecular weight excluding hydrogens is 747 g/mol. The van der Waals surface area contributed by atoms with E-state index in [4.69, 9.17) is 9.47 Å². The second kappa shape index (κ2) is 39.2. The van der Waals surface area contributed by atoms with Gasteiger partial charge in [0.15, 0.2) is 6.29 Å². The van der Waals surface area contributed by atoms with Gasteiger partial charge in [0, 0.05) is 0 Å². The van der Waals surface area contributed by atoms with Crippen LogP contribution in [-0.4, -0.2) is 98.7 Å². The van der Waals surface area contributed by atoms with Gasteiger partial charge in [0.2, 0.25) is 5.91 Å². The Labute approximate surface area is 360 Å². The molecule has 7 N–H and O–H groups in total. The molecule has 0 aliphatic carbocycles. The van der Waals surface area contributed by atoms with Crippen LogP contribution in [0, 0.1) is 0 Å². The average molecular weight is 838 g/mol. The number of nitrogens with one attached hydrogen (secondary N) is 1. The first-order valence-corrected chi connectivity index (χ1v) is 24.3. The highest BCUT2D eigenvalue weighted by Crippen LogP contribution is 2.23. The predicted octanol–water partition coefficient (Wildman–Crippen LogP) is 9.42. The fourth-order valence-electron chi connectivity index (χ4n) is 7.53. The summed E-state index contributed by atoms with van der Waals surface area (Å²) >= 11 is 0. The van der Waals surface area contributed by atoms with E-state index < -0.39 is 61.5 Å². The molecule has 1 heterocycles. The zero-order valence-electron chi connectivity index (χ0n) is 37.6. The minimum absolute atomic E-state index is 0.297. The first-order valence-electron chi connectivity index (χ1n) is 24.3. The topological polar surface area (TPSA) is 169 Å². The van der Waals surface area contributed by atoms with E-state index in [-0.39, 0.29) is 6.61 Å². The summed E-state index contributed by atoms with van der Waals surface area (Å²) in [5.41, 5.74) is 0. The lowest BCUT2D eigenvalue weighted by molar-refractivity contribution is -0.302. The molecule has 0 radical (unpaired) electrons. The van der Waals surface area contributed by atoms with Gasteiger partial charge in [-0.1, -0.05) is 185 Å². The van der Waals surface area contributed by atoms with Crippen LogP contribution >= 0.6 is 0 Å². The molecule has 1 saturated heterocycles.